The van der Waals surface area contributed by atoms with Crippen LogP contribution in [-0.2, 0) is 19.2 Å². The lowest BCUT2D eigenvalue weighted by molar-refractivity contribution is -0.151. The first-order chi connectivity index (χ1) is 13.6. The minimum Gasteiger partial charge on any atom is -0.290 e. The lowest BCUT2D eigenvalue weighted by Gasteiger charge is -2.22. The van der Waals surface area contributed by atoms with E-state index in [0.29, 0.717) is 5.56 Å². The molecule has 0 aromatic heterocycles. The van der Waals surface area contributed by atoms with Crippen molar-refractivity contribution >= 4 is 40.0 Å². The van der Waals surface area contributed by atoms with Crippen LogP contribution in [-0.4, -0.2) is 23.1 Å². The molecule has 1 aliphatic rings. The quantitative estimate of drug-likeness (QED) is 0.524. The van der Waals surface area contributed by atoms with Crippen LogP contribution in [0.3, 0.4) is 0 Å². The lowest BCUT2D eigenvalue weighted by Crippen LogP contribution is -2.46. The number of ketones is 4. The Bertz CT molecular complexity index is 1110. The van der Waals surface area contributed by atoms with E-state index < -0.39 is 35.0 Å². The van der Waals surface area contributed by atoms with Crippen LogP contribution in [0.4, 0.5) is 0 Å². The topological polar surface area (TPSA) is 68.3 Å². The second-order valence-electron chi connectivity index (χ2n) is 6.74. The fraction of sp³-hybridized carbons (Fsp3) is 0.0833. The zero-order valence-electron chi connectivity index (χ0n) is 14.9. The standard InChI is InChI=1S/C24H16O4/c25-21-19(13-10-15-6-2-1-3-7-15)22(26)24(28)20(23(21)27)18-12-11-16-8-4-5-9-17(16)14-18/h1-14,19-20H. The molecule has 1 aliphatic carbocycles. The van der Waals surface area contributed by atoms with Crippen LogP contribution in [0, 0.1) is 5.92 Å². The maximum absolute atomic E-state index is 12.7. The van der Waals surface area contributed by atoms with E-state index in [0.717, 1.165) is 16.3 Å². The van der Waals surface area contributed by atoms with Crippen molar-refractivity contribution in [3.05, 3.63) is 90.0 Å². The maximum Gasteiger partial charge on any atom is 0.214 e. The molecule has 0 heterocycles. The minimum absolute atomic E-state index is 0.376. The molecule has 1 saturated carbocycles. The first-order valence-corrected chi connectivity index (χ1v) is 8.94. The summed E-state index contributed by atoms with van der Waals surface area (Å²) in [6.45, 7) is 0. The van der Waals surface area contributed by atoms with Crippen molar-refractivity contribution in [1.29, 1.82) is 0 Å². The van der Waals surface area contributed by atoms with E-state index >= 15 is 0 Å². The van der Waals surface area contributed by atoms with Gasteiger partial charge in [-0.15, -0.1) is 0 Å². The van der Waals surface area contributed by atoms with Gasteiger partial charge in [0.1, 0.15) is 11.8 Å². The predicted octanol–water partition coefficient (Wildman–Crippen LogP) is 3.54. The number of Topliss-reactive ketones (excluding diaryl/α,β-unsaturated/α-hetero) is 4. The van der Waals surface area contributed by atoms with Crippen LogP contribution in [0.15, 0.2) is 78.9 Å². The van der Waals surface area contributed by atoms with E-state index in [1.807, 2.05) is 42.5 Å². The van der Waals surface area contributed by atoms with E-state index in [2.05, 4.69) is 0 Å². The van der Waals surface area contributed by atoms with Gasteiger partial charge in [0, 0.05) is 0 Å². The Kier molecular flexibility index (Phi) is 4.53. The van der Waals surface area contributed by atoms with Crippen LogP contribution in [0.25, 0.3) is 16.8 Å². The molecule has 0 unspecified atom stereocenters. The Morgan fingerprint density at radius 3 is 1.89 bits per heavy atom. The molecule has 0 radical (unpaired) electrons. The third kappa shape index (κ3) is 3.09. The Morgan fingerprint density at radius 2 is 1.21 bits per heavy atom. The molecule has 0 saturated heterocycles. The number of rotatable bonds is 3. The third-order valence-corrected chi connectivity index (χ3v) is 4.96. The monoisotopic (exact) mass is 368 g/mol. The molecular weight excluding hydrogens is 352 g/mol. The predicted molar refractivity (Wildman–Crippen MR) is 106 cm³/mol. The van der Waals surface area contributed by atoms with Gasteiger partial charge in [0.05, 0.1) is 0 Å². The van der Waals surface area contributed by atoms with E-state index in [-0.39, 0.29) is 0 Å². The summed E-state index contributed by atoms with van der Waals surface area (Å²) in [5, 5.41) is 1.79. The first-order valence-electron chi connectivity index (χ1n) is 8.94. The van der Waals surface area contributed by atoms with Crippen molar-refractivity contribution in [2.24, 2.45) is 5.92 Å². The zero-order chi connectivity index (χ0) is 19.7. The van der Waals surface area contributed by atoms with E-state index in [1.54, 1.807) is 36.4 Å². The average molecular weight is 368 g/mol. The van der Waals surface area contributed by atoms with Gasteiger partial charge in [-0.25, -0.2) is 0 Å². The molecule has 0 aliphatic heterocycles. The normalized spacial score (nSPS) is 20.3. The SMILES string of the molecule is O=C1C(=O)C(c2ccc3ccccc3c2)C(=O)C(=O)C1C=Cc1ccccc1. The van der Waals surface area contributed by atoms with Gasteiger partial charge in [-0.3, -0.25) is 19.2 Å². The van der Waals surface area contributed by atoms with Crippen molar-refractivity contribution in [3.63, 3.8) is 0 Å². The summed E-state index contributed by atoms with van der Waals surface area (Å²) in [7, 11) is 0. The van der Waals surface area contributed by atoms with Gasteiger partial charge in [-0.1, -0.05) is 78.9 Å². The fourth-order valence-electron chi connectivity index (χ4n) is 3.47. The molecule has 4 rings (SSSR count). The van der Waals surface area contributed by atoms with Crippen LogP contribution in [0.5, 0.6) is 0 Å². The van der Waals surface area contributed by atoms with Crippen LogP contribution < -0.4 is 0 Å². The molecule has 28 heavy (non-hydrogen) atoms. The molecule has 3 aromatic carbocycles. The smallest absolute Gasteiger partial charge is 0.214 e. The van der Waals surface area contributed by atoms with Crippen molar-refractivity contribution in [2.45, 2.75) is 5.92 Å². The van der Waals surface area contributed by atoms with Gasteiger partial charge < -0.3 is 0 Å². The highest BCUT2D eigenvalue weighted by Gasteiger charge is 2.48. The van der Waals surface area contributed by atoms with Crippen LogP contribution in [0.1, 0.15) is 17.0 Å². The van der Waals surface area contributed by atoms with Crippen LogP contribution >= 0.6 is 0 Å². The van der Waals surface area contributed by atoms with Gasteiger partial charge in [-0.2, -0.15) is 0 Å². The maximum atomic E-state index is 12.7. The summed E-state index contributed by atoms with van der Waals surface area (Å²) in [5.74, 6) is -6.04. The summed E-state index contributed by atoms with van der Waals surface area (Å²) >= 11 is 0. The Balaban J connectivity index is 1.66. The number of allylic oxidation sites excluding steroid dienone is 1. The number of carbonyl (C=O) groups excluding carboxylic acids is 4. The van der Waals surface area contributed by atoms with Crippen LogP contribution in [0.2, 0.25) is 0 Å². The molecule has 0 N–H and O–H groups in total. The van der Waals surface area contributed by atoms with Gasteiger partial charge in [0.2, 0.25) is 23.1 Å². The number of carbonyl (C=O) groups is 4. The van der Waals surface area contributed by atoms with Gasteiger partial charge in [0.15, 0.2) is 0 Å². The summed E-state index contributed by atoms with van der Waals surface area (Å²) in [6.07, 6.45) is 2.92. The Hall–Kier alpha value is -3.66. The van der Waals surface area contributed by atoms with Crippen molar-refractivity contribution in [2.75, 3.05) is 0 Å². The second kappa shape index (κ2) is 7.16. The molecule has 4 nitrogen and oxygen atoms in total. The minimum atomic E-state index is -1.36. The molecule has 0 bridgehead atoms. The molecule has 0 atom stereocenters. The van der Waals surface area contributed by atoms with Gasteiger partial charge in [0.25, 0.3) is 0 Å². The lowest BCUT2D eigenvalue weighted by atomic mass is 9.74. The molecule has 0 spiro atoms. The molecule has 4 heteroatoms. The summed E-state index contributed by atoms with van der Waals surface area (Å²) < 4.78 is 0. The molecular formula is C24H16O4. The fourth-order valence-corrected chi connectivity index (χ4v) is 3.47. The highest BCUT2D eigenvalue weighted by Crippen LogP contribution is 2.29. The average Bonchev–Trinajstić information content (AvgIpc) is 2.73. The van der Waals surface area contributed by atoms with E-state index in [4.69, 9.17) is 0 Å². The first kappa shape index (κ1) is 17.7. The van der Waals surface area contributed by atoms with Gasteiger partial charge >= 0.3 is 0 Å². The highest BCUT2D eigenvalue weighted by atomic mass is 16.2. The number of hydrogen-bond donors (Lipinski definition) is 0. The van der Waals surface area contributed by atoms with E-state index in [1.165, 1.54) is 6.08 Å². The number of hydrogen-bond acceptors (Lipinski definition) is 4. The second-order valence-corrected chi connectivity index (χ2v) is 6.74. The summed E-state index contributed by atoms with van der Waals surface area (Å²) in [5.41, 5.74) is 1.15. The van der Waals surface area contributed by atoms with Crippen molar-refractivity contribution in [3.8, 4) is 0 Å². The zero-order valence-corrected chi connectivity index (χ0v) is 14.9. The Labute approximate surface area is 161 Å². The largest absolute Gasteiger partial charge is 0.290 e. The van der Waals surface area contributed by atoms with Gasteiger partial charge in [-0.05, 0) is 28.0 Å². The Morgan fingerprint density at radius 1 is 0.607 bits per heavy atom. The summed E-state index contributed by atoms with van der Waals surface area (Å²) in [4.78, 5) is 50.5. The molecule has 0 amide bonds. The van der Waals surface area contributed by atoms with Crippen molar-refractivity contribution in [1.82, 2.24) is 0 Å². The van der Waals surface area contributed by atoms with E-state index in [9.17, 15) is 19.2 Å². The molecule has 3 aromatic rings. The van der Waals surface area contributed by atoms with Crippen molar-refractivity contribution < 1.29 is 19.2 Å². The number of benzene rings is 3. The summed E-state index contributed by atoms with van der Waals surface area (Å²) in [6, 6.07) is 21.7. The highest BCUT2D eigenvalue weighted by molar-refractivity contribution is 6.62. The molecule has 1 fully saturated rings. The molecule has 136 valence electrons. The number of fused-ring (bicyclic) bond motifs is 1. The third-order valence-electron chi connectivity index (χ3n) is 4.96.